The molecular formula is C21H31N3O2. The monoisotopic (exact) mass is 357 g/mol. The molecule has 5 nitrogen and oxygen atoms in total. The molecule has 3 rings (SSSR count). The molecule has 2 fully saturated rings. The highest BCUT2D eigenvalue weighted by atomic mass is 16.2. The van der Waals surface area contributed by atoms with Gasteiger partial charge >= 0.3 is 6.03 Å². The summed E-state index contributed by atoms with van der Waals surface area (Å²) in [5.41, 5.74) is 1.86. The Kier molecular flexibility index (Phi) is 5.66. The Morgan fingerprint density at radius 2 is 1.69 bits per heavy atom. The maximum absolute atomic E-state index is 13.0. The van der Waals surface area contributed by atoms with Crippen LogP contribution in [0.15, 0.2) is 24.3 Å². The molecule has 0 bridgehead atoms. The van der Waals surface area contributed by atoms with Gasteiger partial charge in [-0.1, -0.05) is 63.8 Å². The van der Waals surface area contributed by atoms with Gasteiger partial charge in [-0.15, -0.1) is 0 Å². The standard InChI is InChI=1S/C21H31N3O2/c1-16(2)18-10-8-17(9-11-18)14-23(3)15-24-19(25)21(22-20(24)26)12-6-4-5-7-13-21/h8-11,16H,4-7,12-15H2,1-3H3,(H,22,26). The molecule has 0 atom stereocenters. The van der Waals surface area contributed by atoms with Gasteiger partial charge in [0.15, 0.2) is 0 Å². The van der Waals surface area contributed by atoms with Gasteiger partial charge in [-0.25, -0.2) is 9.69 Å². The number of imide groups is 1. The maximum Gasteiger partial charge on any atom is 0.326 e. The number of rotatable bonds is 5. The Hall–Kier alpha value is -1.88. The Labute approximate surface area is 156 Å². The number of nitrogens with one attached hydrogen (secondary N) is 1. The minimum atomic E-state index is -0.645. The van der Waals surface area contributed by atoms with Crippen LogP contribution in [0.5, 0.6) is 0 Å². The fourth-order valence-corrected chi connectivity index (χ4v) is 4.09. The summed E-state index contributed by atoms with van der Waals surface area (Å²) in [7, 11) is 1.95. The zero-order chi connectivity index (χ0) is 18.7. The molecule has 1 N–H and O–H groups in total. The summed E-state index contributed by atoms with van der Waals surface area (Å²) < 4.78 is 0. The lowest BCUT2D eigenvalue weighted by molar-refractivity contribution is -0.133. The summed E-state index contributed by atoms with van der Waals surface area (Å²) in [6.45, 7) is 5.41. The fourth-order valence-electron chi connectivity index (χ4n) is 4.09. The average molecular weight is 357 g/mol. The highest BCUT2D eigenvalue weighted by molar-refractivity contribution is 6.07. The van der Waals surface area contributed by atoms with Crippen LogP contribution in [0.2, 0.25) is 0 Å². The second-order valence-electron chi connectivity index (χ2n) is 8.21. The molecule has 142 valence electrons. The largest absolute Gasteiger partial charge is 0.326 e. The van der Waals surface area contributed by atoms with Crippen LogP contribution in [0.3, 0.4) is 0 Å². The molecule has 1 saturated heterocycles. The van der Waals surface area contributed by atoms with E-state index in [2.05, 4.69) is 43.4 Å². The number of benzene rings is 1. The predicted molar refractivity (Wildman–Crippen MR) is 103 cm³/mol. The molecule has 1 aliphatic heterocycles. The van der Waals surface area contributed by atoms with Crippen molar-refractivity contribution in [3.05, 3.63) is 35.4 Å². The second kappa shape index (κ2) is 7.78. The zero-order valence-corrected chi connectivity index (χ0v) is 16.3. The van der Waals surface area contributed by atoms with Crippen molar-refractivity contribution in [1.29, 1.82) is 0 Å². The molecule has 1 spiro atoms. The molecule has 26 heavy (non-hydrogen) atoms. The number of amides is 3. The van der Waals surface area contributed by atoms with E-state index in [0.29, 0.717) is 19.1 Å². The van der Waals surface area contributed by atoms with Crippen LogP contribution < -0.4 is 5.32 Å². The summed E-state index contributed by atoms with van der Waals surface area (Å²) in [6, 6.07) is 8.33. The third kappa shape index (κ3) is 3.93. The van der Waals surface area contributed by atoms with Crippen LogP contribution >= 0.6 is 0 Å². The highest BCUT2D eigenvalue weighted by Gasteiger charge is 2.50. The maximum atomic E-state index is 13.0. The minimum Gasteiger partial charge on any atom is -0.323 e. The Balaban J connectivity index is 1.62. The first-order valence-electron chi connectivity index (χ1n) is 9.83. The lowest BCUT2D eigenvalue weighted by atomic mass is 9.90. The van der Waals surface area contributed by atoms with Gasteiger partial charge in [0, 0.05) is 6.54 Å². The lowest BCUT2D eigenvalue weighted by Gasteiger charge is -2.26. The SMILES string of the molecule is CC(C)c1ccc(CN(C)CN2C(=O)NC3(CCCCCC3)C2=O)cc1. The third-order valence-electron chi connectivity index (χ3n) is 5.68. The van der Waals surface area contributed by atoms with E-state index in [1.54, 1.807) is 0 Å². The summed E-state index contributed by atoms with van der Waals surface area (Å²) >= 11 is 0. The van der Waals surface area contributed by atoms with E-state index in [9.17, 15) is 9.59 Å². The molecule has 1 aromatic rings. The van der Waals surface area contributed by atoms with Crippen molar-refractivity contribution in [2.24, 2.45) is 0 Å². The normalized spacial score (nSPS) is 20.1. The van der Waals surface area contributed by atoms with E-state index in [1.807, 2.05) is 11.9 Å². The molecular weight excluding hydrogens is 326 g/mol. The van der Waals surface area contributed by atoms with Crippen molar-refractivity contribution in [2.45, 2.75) is 70.4 Å². The van der Waals surface area contributed by atoms with Gasteiger partial charge in [-0.2, -0.15) is 0 Å². The van der Waals surface area contributed by atoms with Crippen LogP contribution in [-0.4, -0.2) is 41.0 Å². The topological polar surface area (TPSA) is 52.6 Å². The third-order valence-corrected chi connectivity index (χ3v) is 5.68. The average Bonchev–Trinajstić information content (AvgIpc) is 2.77. The zero-order valence-electron chi connectivity index (χ0n) is 16.3. The second-order valence-corrected chi connectivity index (χ2v) is 8.21. The minimum absolute atomic E-state index is 0.0357. The molecule has 1 heterocycles. The first-order chi connectivity index (χ1) is 12.4. The van der Waals surface area contributed by atoms with Crippen LogP contribution in [0, 0.1) is 0 Å². The number of nitrogens with zero attached hydrogens (tertiary/aromatic N) is 2. The van der Waals surface area contributed by atoms with Crippen molar-refractivity contribution >= 4 is 11.9 Å². The molecule has 2 aliphatic rings. The number of carbonyl (C=O) groups is 2. The van der Waals surface area contributed by atoms with Crippen LogP contribution in [0.4, 0.5) is 4.79 Å². The van der Waals surface area contributed by atoms with Gasteiger partial charge in [-0.3, -0.25) is 9.69 Å². The molecule has 0 aromatic heterocycles. The summed E-state index contributed by atoms with van der Waals surface area (Å²) in [5.74, 6) is 0.481. The van der Waals surface area contributed by atoms with E-state index < -0.39 is 5.54 Å². The predicted octanol–water partition coefficient (Wildman–Crippen LogP) is 3.84. The van der Waals surface area contributed by atoms with Gasteiger partial charge in [-0.05, 0) is 36.9 Å². The van der Waals surface area contributed by atoms with Crippen molar-refractivity contribution in [3.63, 3.8) is 0 Å². The van der Waals surface area contributed by atoms with Crippen LogP contribution in [0.1, 0.15) is 69.4 Å². The van der Waals surface area contributed by atoms with Gasteiger partial charge in [0.05, 0.1) is 6.67 Å². The van der Waals surface area contributed by atoms with Gasteiger partial charge in [0.2, 0.25) is 0 Å². The van der Waals surface area contributed by atoms with Gasteiger partial charge < -0.3 is 5.32 Å². The van der Waals surface area contributed by atoms with Crippen molar-refractivity contribution in [3.8, 4) is 0 Å². The van der Waals surface area contributed by atoms with Crippen LogP contribution in [-0.2, 0) is 11.3 Å². The number of urea groups is 1. The summed E-state index contributed by atoms with van der Waals surface area (Å²) in [6.07, 6.45) is 5.87. The molecule has 1 aromatic carbocycles. The first kappa shape index (κ1) is 18.9. The van der Waals surface area contributed by atoms with Gasteiger partial charge in [0.1, 0.15) is 5.54 Å². The van der Waals surface area contributed by atoms with Gasteiger partial charge in [0.25, 0.3) is 5.91 Å². The quantitative estimate of drug-likeness (QED) is 0.815. The number of hydrogen-bond donors (Lipinski definition) is 1. The fraction of sp³-hybridized carbons (Fsp3) is 0.619. The van der Waals surface area contributed by atoms with Crippen LogP contribution in [0.25, 0.3) is 0 Å². The van der Waals surface area contributed by atoms with E-state index >= 15 is 0 Å². The van der Waals surface area contributed by atoms with E-state index in [4.69, 9.17) is 0 Å². The van der Waals surface area contributed by atoms with E-state index in [1.165, 1.54) is 16.0 Å². The summed E-state index contributed by atoms with van der Waals surface area (Å²) in [4.78, 5) is 28.8. The molecule has 0 radical (unpaired) electrons. The first-order valence-corrected chi connectivity index (χ1v) is 9.83. The summed E-state index contributed by atoms with van der Waals surface area (Å²) in [5, 5.41) is 3.01. The Bertz CT molecular complexity index is 646. The molecule has 3 amide bonds. The highest BCUT2D eigenvalue weighted by Crippen LogP contribution is 2.32. The molecule has 1 saturated carbocycles. The Morgan fingerprint density at radius 1 is 1.08 bits per heavy atom. The van der Waals surface area contributed by atoms with E-state index in [-0.39, 0.29) is 11.9 Å². The van der Waals surface area contributed by atoms with Crippen molar-refractivity contribution < 1.29 is 9.59 Å². The number of hydrogen-bond acceptors (Lipinski definition) is 3. The van der Waals surface area contributed by atoms with Crippen molar-refractivity contribution in [1.82, 2.24) is 15.1 Å². The molecule has 0 unspecified atom stereocenters. The smallest absolute Gasteiger partial charge is 0.323 e. The van der Waals surface area contributed by atoms with E-state index in [0.717, 1.165) is 38.5 Å². The molecule has 5 heteroatoms. The lowest BCUT2D eigenvalue weighted by Crippen LogP contribution is -2.47. The Morgan fingerprint density at radius 3 is 2.27 bits per heavy atom. The van der Waals surface area contributed by atoms with Crippen molar-refractivity contribution in [2.75, 3.05) is 13.7 Å². The number of carbonyl (C=O) groups excluding carboxylic acids is 2. The molecule has 1 aliphatic carbocycles.